The van der Waals surface area contributed by atoms with Gasteiger partial charge in [0.25, 0.3) is 0 Å². The fraction of sp³-hybridized carbons (Fsp3) is 0.357. The summed E-state index contributed by atoms with van der Waals surface area (Å²) in [6, 6.07) is 7.87. The van der Waals surface area contributed by atoms with Crippen molar-refractivity contribution in [3.05, 3.63) is 29.8 Å². The lowest BCUT2D eigenvalue weighted by Gasteiger charge is -2.14. The highest BCUT2D eigenvalue weighted by Gasteiger charge is 2.14. The maximum absolute atomic E-state index is 5.84. The third-order valence-corrected chi connectivity index (χ3v) is 2.77. The predicted molar refractivity (Wildman–Crippen MR) is 73.6 cm³/mol. The van der Waals surface area contributed by atoms with Crippen LogP contribution in [0.1, 0.15) is 19.4 Å². The summed E-state index contributed by atoms with van der Waals surface area (Å²) in [6.45, 7) is 6.07. The van der Waals surface area contributed by atoms with Gasteiger partial charge in [0.15, 0.2) is 0 Å². The molecule has 0 bridgehead atoms. The topological polar surface area (TPSA) is 53.1 Å². The van der Waals surface area contributed by atoms with Gasteiger partial charge in [-0.1, -0.05) is 12.1 Å². The van der Waals surface area contributed by atoms with Gasteiger partial charge < -0.3 is 10.5 Å². The molecule has 0 radical (unpaired) electrons. The molecule has 0 saturated heterocycles. The van der Waals surface area contributed by atoms with Crippen molar-refractivity contribution in [2.24, 2.45) is 7.05 Å². The molecule has 96 valence electrons. The van der Waals surface area contributed by atoms with E-state index >= 15 is 0 Å². The average Bonchev–Trinajstić information content (AvgIpc) is 2.58. The number of hydrogen-bond donors (Lipinski definition) is 1. The van der Waals surface area contributed by atoms with E-state index in [1.165, 1.54) is 0 Å². The number of nitrogens with two attached hydrogens (primary N) is 1. The van der Waals surface area contributed by atoms with Crippen molar-refractivity contribution in [2.75, 3.05) is 5.73 Å². The SMILES string of the molecule is Cc1cccc(OC(C)C)c1-c1cc(N)n(C)n1. The Kier molecular flexibility index (Phi) is 3.28. The Hall–Kier alpha value is -1.97. The Labute approximate surface area is 107 Å². The average molecular weight is 245 g/mol. The van der Waals surface area contributed by atoms with Crippen LogP contribution in [0.3, 0.4) is 0 Å². The summed E-state index contributed by atoms with van der Waals surface area (Å²) in [5.74, 6) is 1.49. The Morgan fingerprint density at radius 1 is 1.33 bits per heavy atom. The minimum Gasteiger partial charge on any atom is -0.490 e. The molecule has 1 aromatic heterocycles. The molecular formula is C14H19N3O. The molecule has 18 heavy (non-hydrogen) atoms. The summed E-state index contributed by atoms with van der Waals surface area (Å²) in [5, 5.41) is 4.42. The number of rotatable bonds is 3. The van der Waals surface area contributed by atoms with Crippen LogP contribution in [0.5, 0.6) is 5.75 Å². The monoisotopic (exact) mass is 245 g/mol. The fourth-order valence-corrected chi connectivity index (χ4v) is 1.93. The van der Waals surface area contributed by atoms with Gasteiger partial charge in [0.05, 0.1) is 11.8 Å². The smallest absolute Gasteiger partial charge is 0.129 e. The first-order chi connectivity index (χ1) is 8.49. The van der Waals surface area contributed by atoms with Crippen molar-refractivity contribution in [3.63, 3.8) is 0 Å². The molecule has 4 heteroatoms. The normalized spacial score (nSPS) is 10.9. The lowest BCUT2D eigenvalue weighted by Crippen LogP contribution is -2.07. The van der Waals surface area contributed by atoms with Crippen molar-refractivity contribution in [3.8, 4) is 17.0 Å². The van der Waals surface area contributed by atoms with Gasteiger partial charge in [-0.25, -0.2) is 0 Å². The van der Waals surface area contributed by atoms with Crippen molar-refractivity contribution < 1.29 is 4.74 Å². The molecule has 0 aliphatic rings. The molecule has 0 aliphatic carbocycles. The summed E-state index contributed by atoms with van der Waals surface area (Å²) < 4.78 is 7.51. The third-order valence-electron chi connectivity index (χ3n) is 2.77. The van der Waals surface area contributed by atoms with Crippen LogP contribution in [0.25, 0.3) is 11.3 Å². The molecule has 0 saturated carbocycles. The number of ether oxygens (including phenoxy) is 1. The number of nitrogen functional groups attached to an aromatic ring is 1. The lowest BCUT2D eigenvalue weighted by atomic mass is 10.0. The number of aryl methyl sites for hydroxylation is 2. The van der Waals surface area contributed by atoms with Crippen LogP contribution < -0.4 is 10.5 Å². The van der Waals surface area contributed by atoms with Gasteiger partial charge >= 0.3 is 0 Å². The number of benzene rings is 1. The molecule has 0 spiro atoms. The van der Waals surface area contributed by atoms with Crippen LogP contribution in [0, 0.1) is 6.92 Å². The second kappa shape index (κ2) is 4.72. The molecule has 0 unspecified atom stereocenters. The number of aromatic nitrogens is 2. The van der Waals surface area contributed by atoms with Crippen LogP contribution >= 0.6 is 0 Å². The first-order valence-electron chi connectivity index (χ1n) is 6.05. The Morgan fingerprint density at radius 3 is 2.61 bits per heavy atom. The van der Waals surface area contributed by atoms with Crippen LogP contribution in [0.15, 0.2) is 24.3 Å². The van der Waals surface area contributed by atoms with Gasteiger partial charge in [0, 0.05) is 18.7 Å². The predicted octanol–water partition coefficient (Wildman–Crippen LogP) is 2.76. The zero-order chi connectivity index (χ0) is 13.3. The van der Waals surface area contributed by atoms with Crippen LogP contribution in [0.2, 0.25) is 0 Å². The fourth-order valence-electron chi connectivity index (χ4n) is 1.93. The van der Waals surface area contributed by atoms with E-state index < -0.39 is 0 Å². The molecule has 2 aromatic rings. The summed E-state index contributed by atoms with van der Waals surface area (Å²) >= 11 is 0. The second-order valence-electron chi connectivity index (χ2n) is 4.69. The lowest BCUT2D eigenvalue weighted by molar-refractivity contribution is 0.243. The molecule has 2 rings (SSSR count). The molecular weight excluding hydrogens is 226 g/mol. The minimum absolute atomic E-state index is 0.131. The zero-order valence-electron chi connectivity index (χ0n) is 11.3. The van der Waals surface area contributed by atoms with Gasteiger partial charge in [-0.2, -0.15) is 5.10 Å². The third kappa shape index (κ3) is 2.32. The summed E-state index contributed by atoms with van der Waals surface area (Å²) in [4.78, 5) is 0. The van der Waals surface area contributed by atoms with E-state index in [0.29, 0.717) is 5.82 Å². The minimum atomic E-state index is 0.131. The van der Waals surface area contributed by atoms with Crippen LogP contribution in [0.4, 0.5) is 5.82 Å². The highest BCUT2D eigenvalue weighted by molar-refractivity contribution is 5.72. The van der Waals surface area contributed by atoms with Crippen LogP contribution in [-0.2, 0) is 7.05 Å². The molecule has 0 fully saturated rings. The molecule has 0 atom stereocenters. The first-order valence-corrected chi connectivity index (χ1v) is 6.05. The van der Waals surface area contributed by atoms with Gasteiger partial charge in [0.1, 0.15) is 11.6 Å². The van der Waals surface area contributed by atoms with Crippen molar-refractivity contribution in [1.29, 1.82) is 0 Å². The second-order valence-corrected chi connectivity index (χ2v) is 4.69. The van der Waals surface area contributed by atoms with E-state index in [-0.39, 0.29) is 6.10 Å². The molecule has 0 amide bonds. The number of anilines is 1. The Balaban J connectivity index is 2.54. The maximum Gasteiger partial charge on any atom is 0.129 e. The van der Waals surface area contributed by atoms with Crippen molar-refractivity contribution >= 4 is 5.82 Å². The molecule has 4 nitrogen and oxygen atoms in total. The quantitative estimate of drug-likeness (QED) is 0.904. The Bertz CT molecular complexity index is 539. The van der Waals surface area contributed by atoms with E-state index in [9.17, 15) is 0 Å². The van der Waals surface area contributed by atoms with E-state index in [0.717, 1.165) is 22.6 Å². The molecule has 1 aromatic carbocycles. The largest absolute Gasteiger partial charge is 0.490 e. The zero-order valence-corrected chi connectivity index (χ0v) is 11.3. The van der Waals surface area contributed by atoms with Gasteiger partial charge in [-0.15, -0.1) is 0 Å². The van der Waals surface area contributed by atoms with E-state index in [4.69, 9.17) is 10.5 Å². The molecule has 0 aliphatic heterocycles. The van der Waals surface area contributed by atoms with Crippen molar-refractivity contribution in [1.82, 2.24) is 9.78 Å². The highest BCUT2D eigenvalue weighted by atomic mass is 16.5. The Morgan fingerprint density at radius 2 is 2.06 bits per heavy atom. The molecule has 1 heterocycles. The van der Waals surface area contributed by atoms with Gasteiger partial charge in [-0.05, 0) is 32.4 Å². The highest BCUT2D eigenvalue weighted by Crippen LogP contribution is 2.33. The van der Waals surface area contributed by atoms with Crippen LogP contribution in [-0.4, -0.2) is 15.9 Å². The summed E-state index contributed by atoms with van der Waals surface area (Å²) in [5.41, 5.74) is 8.83. The standard InChI is InChI=1S/C14H19N3O/c1-9(2)18-12-7-5-6-10(3)14(12)11-8-13(15)17(4)16-11/h5-9H,15H2,1-4H3. The summed E-state index contributed by atoms with van der Waals surface area (Å²) in [7, 11) is 1.83. The van der Waals surface area contributed by atoms with Crippen molar-refractivity contribution in [2.45, 2.75) is 26.9 Å². The number of nitrogens with zero attached hydrogens (tertiary/aromatic N) is 2. The van der Waals surface area contributed by atoms with E-state index in [2.05, 4.69) is 5.10 Å². The van der Waals surface area contributed by atoms with Gasteiger partial charge in [-0.3, -0.25) is 4.68 Å². The van der Waals surface area contributed by atoms with E-state index in [1.807, 2.05) is 52.1 Å². The summed E-state index contributed by atoms with van der Waals surface area (Å²) in [6.07, 6.45) is 0.131. The maximum atomic E-state index is 5.84. The van der Waals surface area contributed by atoms with E-state index in [1.54, 1.807) is 4.68 Å². The first kappa shape index (κ1) is 12.5. The molecule has 2 N–H and O–H groups in total. The van der Waals surface area contributed by atoms with Gasteiger partial charge in [0.2, 0.25) is 0 Å². The number of hydrogen-bond acceptors (Lipinski definition) is 3.